The van der Waals surface area contributed by atoms with Crippen molar-refractivity contribution in [2.45, 2.75) is 81.8 Å². The highest BCUT2D eigenvalue weighted by atomic mass is 19.2. The summed E-state index contributed by atoms with van der Waals surface area (Å²) in [5.74, 6) is -2.39. The first-order valence-electron chi connectivity index (χ1n) is 44.4. The van der Waals surface area contributed by atoms with E-state index in [4.69, 9.17) is 5.11 Å². The van der Waals surface area contributed by atoms with E-state index >= 15 is 0 Å². The van der Waals surface area contributed by atoms with Crippen molar-refractivity contribution >= 4 is 97.2 Å². The molecule has 16 rings (SSSR count). The van der Waals surface area contributed by atoms with E-state index in [9.17, 15) is 54.8 Å². The van der Waals surface area contributed by atoms with Gasteiger partial charge in [-0.2, -0.15) is 0 Å². The molecule has 4 nitrogen and oxygen atoms in total. The Morgan fingerprint density at radius 3 is 0.898 bits per heavy atom. The first-order valence-corrected chi connectivity index (χ1v) is 44.4. The van der Waals surface area contributed by atoms with Crippen molar-refractivity contribution in [1.82, 2.24) is 0 Å². The Morgan fingerprint density at radius 1 is 0.175 bits per heavy atom. The van der Waals surface area contributed by atoms with Gasteiger partial charge in [0.25, 0.3) is 0 Å². The monoisotopic (exact) mass is 1830 g/mol. The second-order valence-corrected chi connectivity index (χ2v) is 32.1. The highest BCUT2D eigenvalue weighted by Gasteiger charge is 2.08. The lowest BCUT2D eigenvalue weighted by molar-refractivity contribution is 0.280. The molecular formula is C124H111F9O4. The minimum Gasteiger partial charge on any atom is -0.392 e. The summed E-state index contributed by atoms with van der Waals surface area (Å²) in [6.45, 7) is 15.7. The minimum atomic E-state index is -0.309. The second-order valence-electron chi connectivity index (χ2n) is 32.1. The molecule has 0 fully saturated rings. The molecule has 0 aliphatic carbocycles. The average Bonchev–Trinajstić information content (AvgIpc) is 0.842. The molecule has 694 valence electrons. The van der Waals surface area contributed by atoms with Gasteiger partial charge in [0.15, 0.2) is 0 Å². The lowest BCUT2D eigenvalue weighted by atomic mass is 10.0. The maximum absolute atomic E-state index is 13.6. The van der Waals surface area contributed by atoms with Crippen molar-refractivity contribution in [3.63, 3.8) is 0 Å². The molecule has 0 amide bonds. The maximum Gasteiger partial charge on any atom is 0.130 e. The van der Waals surface area contributed by atoms with Crippen LogP contribution in [-0.2, 0) is 26.4 Å². The van der Waals surface area contributed by atoms with Gasteiger partial charge in [-0.3, -0.25) is 0 Å². The van der Waals surface area contributed by atoms with Crippen LogP contribution >= 0.6 is 0 Å². The van der Waals surface area contributed by atoms with Gasteiger partial charge in [0, 0.05) is 33.4 Å². The highest BCUT2D eigenvalue weighted by molar-refractivity contribution is 5.77. The second kappa shape index (κ2) is 56.6. The highest BCUT2D eigenvalue weighted by Crippen LogP contribution is 2.25. The summed E-state index contributed by atoms with van der Waals surface area (Å²) in [6, 6.07) is 106. The Kier molecular flexibility index (Phi) is 43.5. The van der Waals surface area contributed by atoms with Crippen LogP contribution in [0.15, 0.2) is 358 Å². The third-order valence-corrected chi connectivity index (χ3v) is 21.0. The van der Waals surface area contributed by atoms with E-state index in [1.807, 2.05) is 256 Å². The zero-order valence-electron chi connectivity index (χ0n) is 77.8. The predicted molar refractivity (Wildman–Crippen MR) is 556 cm³/mol. The summed E-state index contributed by atoms with van der Waals surface area (Å²) in [7, 11) is 0. The molecule has 0 radical (unpaired) electrons. The first-order chi connectivity index (χ1) is 66.2. The van der Waals surface area contributed by atoms with Gasteiger partial charge in [-0.05, 0) is 240 Å². The molecule has 0 saturated carbocycles. The Balaban J connectivity index is 0.000000175. The van der Waals surface area contributed by atoms with Crippen LogP contribution in [0.3, 0.4) is 0 Å². The normalized spacial score (nSPS) is 11.0. The van der Waals surface area contributed by atoms with Crippen molar-refractivity contribution in [3.05, 3.63) is 566 Å². The van der Waals surface area contributed by atoms with Gasteiger partial charge in [-0.25, -0.2) is 39.5 Å². The predicted octanol–water partition coefficient (Wildman–Crippen LogP) is 32.5. The minimum absolute atomic E-state index is 0.0464. The summed E-state index contributed by atoms with van der Waals surface area (Å²) < 4.78 is 119. The molecule has 4 N–H and O–H groups in total. The van der Waals surface area contributed by atoms with Crippen molar-refractivity contribution in [2.75, 3.05) is 0 Å². The molecule has 13 heteroatoms. The first kappa shape index (κ1) is 105. The van der Waals surface area contributed by atoms with Gasteiger partial charge in [0.2, 0.25) is 0 Å². The van der Waals surface area contributed by atoms with Crippen LogP contribution < -0.4 is 0 Å². The van der Waals surface area contributed by atoms with E-state index in [0.717, 1.165) is 111 Å². The zero-order valence-corrected chi connectivity index (χ0v) is 77.8. The standard InChI is InChI=1S/C17H18O2.C16H15F.C16H16O.4C15H12F2.C15H14O/c1-13-2-8-16(17(10-13)12-19)9-7-14-3-5-15(11-18)6-4-14;1-12-3-6-14(7-4-12)8-10-15-9-5-13(2)11-16(15)17;1-13-6-5-9-15(16(13)12-17)11-10-14-7-3-2-4-8-14;1-11-2-9-15(17)13(10-11)6-3-12-4-7-14(16)8-5-12;1-11-2-6-13(15(17)10-11)7-3-12-4-8-14(16)9-5-12;1-11-5-7-13(15(17)9-11)8-6-12-3-2-4-14(16)10-12;1-11-6-7-13(15(17)10-11)9-8-12-4-2-3-5-14(12)16;16-12-15-9-5-4-8-14(15)11-10-13-6-2-1-3-7-13/h2-10,18-19H,11-12H2,1H3;3-11H,1-2H3;2-11,17H,12H2,1H3;4*2-10H,1H3;1-11,16H,12H2/b9-7+;10-8+;11-10+;6-3+;7-3+;8-6+;9-8+;11-10+. The molecule has 137 heavy (non-hydrogen) atoms. The lowest BCUT2D eigenvalue weighted by Gasteiger charge is -2.06. The molecule has 0 aliphatic heterocycles. The van der Waals surface area contributed by atoms with Crippen LogP contribution in [0.5, 0.6) is 0 Å². The fourth-order valence-corrected chi connectivity index (χ4v) is 13.2. The Labute approximate surface area is 800 Å². The van der Waals surface area contributed by atoms with E-state index in [-0.39, 0.29) is 78.8 Å². The number of halogens is 9. The van der Waals surface area contributed by atoms with E-state index < -0.39 is 0 Å². The summed E-state index contributed by atoms with van der Waals surface area (Å²) in [5, 5.41) is 36.9. The van der Waals surface area contributed by atoms with Gasteiger partial charge >= 0.3 is 0 Å². The van der Waals surface area contributed by atoms with Gasteiger partial charge in [-0.15, -0.1) is 0 Å². The van der Waals surface area contributed by atoms with Crippen molar-refractivity contribution in [3.8, 4) is 0 Å². The number of aryl methyl sites for hydroxylation is 8. The average molecular weight is 1840 g/mol. The third kappa shape index (κ3) is 37.6. The molecule has 0 unspecified atom stereocenters. The zero-order chi connectivity index (χ0) is 98.2. The van der Waals surface area contributed by atoms with Crippen LogP contribution in [0, 0.1) is 108 Å². The maximum atomic E-state index is 13.6. The van der Waals surface area contributed by atoms with Gasteiger partial charge < -0.3 is 20.4 Å². The van der Waals surface area contributed by atoms with Crippen LogP contribution in [0.25, 0.3) is 97.2 Å². The largest absolute Gasteiger partial charge is 0.392 e. The molecule has 0 aromatic heterocycles. The van der Waals surface area contributed by atoms with Crippen LogP contribution in [0.2, 0.25) is 0 Å². The van der Waals surface area contributed by atoms with E-state index in [1.165, 1.54) is 72.3 Å². The smallest absolute Gasteiger partial charge is 0.130 e. The molecule has 0 atom stereocenters. The summed E-state index contributed by atoms with van der Waals surface area (Å²) >= 11 is 0. The summed E-state index contributed by atoms with van der Waals surface area (Å²) in [6.07, 6.45) is 29.3. The Morgan fingerprint density at radius 2 is 0.474 bits per heavy atom. The molecule has 0 saturated heterocycles. The van der Waals surface area contributed by atoms with Crippen LogP contribution in [0.1, 0.15) is 156 Å². The number of hydrogen-bond acceptors (Lipinski definition) is 4. The molecule has 0 heterocycles. The molecule has 16 aromatic rings. The molecule has 0 spiro atoms. The number of aliphatic hydroxyl groups excluding tert-OH is 4. The quantitative estimate of drug-likeness (QED) is 0.0453. The molecule has 0 bridgehead atoms. The fourth-order valence-electron chi connectivity index (χ4n) is 13.2. The number of benzene rings is 16. The van der Waals surface area contributed by atoms with Gasteiger partial charge in [0.1, 0.15) is 52.4 Å². The topological polar surface area (TPSA) is 80.9 Å². The lowest BCUT2D eigenvalue weighted by Crippen LogP contribution is -1.92. The van der Waals surface area contributed by atoms with Gasteiger partial charge in [0.05, 0.1) is 26.4 Å². The van der Waals surface area contributed by atoms with Crippen molar-refractivity contribution in [2.24, 2.45) is 0 Å². The van der Waals surface area contributed by atoms with Crippen molar-refractivity contribution in [1.29, 1.82) is 0 Å². The SMILES string of the molecule is Cc1ccc(/C=C/c2ccc(C)cc2F)cc1.Cc1ccc(/C=C/c2ccc(CO)cc2)c(CO)c1.Cc1ccc(/C=C/c2ccc(F)cc2)c(F)c1.Cc1ccc(/C=C/c2cccc(F)c2)c(F)c1.Cc1ccc(/C=C/c2ccccc2F)c(F)c1.Cc1ccc(F)c(/C=C/c2ccc(F)cc2)c1.Cc1cccc(/C=C/c2ccccc2)c1CO.OCc1ccccc1/C=C/c1ccccc1. The summed E-state index contributed by atoms with van der Waals surface area (Å²) in [4.78, 5) is 0. The third-order valence-electron chi connectivity index (χ3n) is 21.0. The Hall–Kier alpha value is -15.4. The van der Waals surface area contributed by atoms with Crippen molar-refractivity contribution < 1.29 is 59.9 Å². The van der Waals surface area contributed by atoms with E-state index in [0.29, 0.717) is 38.9 Å². The van der Waals surface area contributed by atoms with Crippen LogP contribution in [0.4, 0.5) is 39.5 Å². The number of hydrogen-bond donors (Lipinski definition) is 4. The molecule has 16 aromatic carbocycles. The number of aliphatic hydroxyl groups is 4. The molecule has 0 aliphatic rings. The van der Waals surface area contributed by atoms with Gasteiger partial charge in [-0.1, -0.05) is 393 Å². The van der Waals surface area contributed by atoms with E-state index in [1.54, 1.807) is 152 Å². The number of rotatable bonds is 20. The molecular weight excluding hydrogens is 1720 g/mol. The van der Waals surface area contributed by atoms with Crippen LogP contribution in [-0.4, -0.2) is 20.4 Å². The summed E-state index contributed by atoms with van der Waals surface area (Å²) in [5.41, 5.74) is 25.0. The Bertz CT molecular complexity index is 6630. The fraction of sp³-hybridized carbons (Fsp3) is 0.0968. The van der Waals surface area contributed by atoms with E-state index in [2.05, 4.69) is 36.4 Å².